The van der Waals surface area contributed by atoms with Crippen molar-refractivity contribution < 1.29 is 23.7 Å². The Labute approximate surface area is 117 Å². The highest BCUT2D eigenvalue weighted by molar-refractivity contribution is 5.83. The van der Waals surface area contributed by atoms with Crippen LogP contribution in [-0.4, -0.2) is 40.2 Å². The van der Waals surface area contributed by atoms with E-state index in [1.54, 1.807) is 19.1 Å². The molecule has 0 aliphatic heterocycles. The lowest BCUT2D eigenvalue weighted by Gasteiger charge is -2.12. The number of carbonyl (C=O) groups excluding carboxylic acids is 1. The Kier molecular flexibility index (Phi) is 6.15. The van der Waals surface area contributed by atoms with Gasteiger partial charge >= 0.3 is 6.09 Å². The molecule has 1 N–H and O–H groups in total. The number of nitrogens with one attached hydrogen (secondary N) is 1. The molecule has 0 saturated carbocycles. The average molecular weight is 282 g/mol. The van der Waals surface area contributed by atoms with E-state index < -0.39 is 6.09 Å². The van der Waals surface area contributed by atoms with Gasteiger partial charge in [0.25, 0.3) is 0 Å². The van der Waals surface area contributed by atoms with Gasteiger partial charge in [-0.25, -0.2) is 10.2 Å². The molecule has 1 aromatic carbocycles. The van der Waals surface area contributed by atoms with Crippen molar-refractivity contribution in [2.45, 2.75) is 6.92 Å². The average Bonchev–Trinajstić information content (AvgIpc) is 2.46. The predicted molar refractivity (Wildman–Crippen MR) is 73.8 cm³/mol. The van der Waals surface area contributed by atoms with Crippen molar-refractivity contribution >= 4 is 12.3 Å². The fourth-order valence-corrected chi connectivity index (χ4v) is 1.50. The summed E-state index contributed by atoms with van der Waals surface area (Å²) in [6.07, 6.45) is 0.831. The van der Waals surface area contributed by atoms with Crippen molar-refractivity contribution in [3.05, 3.63) is 17.7 Å². The van der Waals surface area contributed by atoms with Crippen LogP contribution in [0.2, 0.25) is 0 Å². The number of hydrogen-bond acceptors (Lipinski definition) is 6. The molecule has 1 rings (SSSR count). The summed E-state index contributed by atoms with van der Waals surface area (Å²) in [7, 11) is 4.57. The van der Waals surface area contributed by atoms with E-state index in [-0.39, 0.29) is 6.61 Å². The molecule has 0 aliphatic carbocycles. The number of hydrazone groups is 1. The fraction of sp³-hybridized carbons (Fsp3) is 0.385. The zero-order valence-corrected chi connectivity index (χ0v) is 11.9. The SMILES string of the molecule is CCOC(=O)N/N=C\c1cc(OC)c(OC)c(OC)c1. The minimum absolute atomic E-state index is 0.283. The molecule has 0 unspecified atom stereocenters. The maximum Gasteiger partial charge on any atom is 0.427 e. The van der Waals surface area contributed by atoms with Crippen molar-refractivity contribution in [1.82, 2.24) is 5.43 Å². The van der Waals surface area contributed by atoms with Crippen LogP contribution in [0.4, 0.5) is 4.79 Å². The van der Waals surface area contributed by atoms with Gasteiger partial charge in [0.1, 0.15) is 0 Å². The van der Waals surface area contributed by atoms with E-state index in [1.165, 1.54) is 27.5 Å². The van der Waals surface area contributed by atoms with Crippen LogP contribution in [0.1, 0.15) is 12.5 Å². The first-order valence-electron chi connectivity index (χ1n) is 5.92. The molecule has 7 heteroatoms. The largest absolute Gasteiger partial charge is 0.493 e. The van der Waals surface area contributed by atoms with Gasteiger partial charge in [0, 0.05) is 5.56 Å². The molecule has 0 bridgehead atoms. The lowest BCUT2D eigenvalue weighted by atomic mass is 10.2. The second-order valence-corrected chi connectivity index (χ2v) is 3.55. The summed E-state index contributed by atoms with van der Waals surface area (Å²) >= 11 is 0. The Bertz CT molecular complexity index is 463. The van der Waals surface area contributed by atoms with Gasteiger partial charge in [-0.15, -0.1) is 0 Å². The first-order valence-corrected chi connectivity index (χ1v) is 5.92. The monoisotopic (exact) mass is 282 g/mol. The van der Waals surface area contributed by atoms with Gasteiger partial charge in [0.2, 0.25) is 5.75 Å². The standard InChI is InChI=1S/C13H18N2O5/c1-5-20-13(16)15-14-8-9-6-10(17-2)12(19-4)11(7-9)18-3/h6-8H,5H2,1-4H3,(H,15,16)/b14-8-. The summed E-state index contributed by atoms with van der Waals surface area (Å²) < 4.78 is 20.3. The van der Waals surface area contributed by atoms with E-state index in [0.717, 1.165) is 0 Å². The lowest BCUT2D eigenvalue weighted by molar-refractivity contribution is 0.152. The van der Waals surface area contributed by atoms with E-state index >= 15 is 0 Å². The Hall–Kier alpha value is -2.44. The van der Waals surface area contributed by atoms with Gasteiger partial charge in [-0.05, 0) is 19.1 Å². The quantitative estimate of drug-likeness (QED) is 0.635. The molecule has 0 atom stereocenters. The normalized spacial score (nSPS) is 10.2. The highest BCUT2D eigenvalue weighted by atomic mass is 16.6. The van der Waals surface area contributed by atoms with Gasteiger partial charge < -0.3 is 18.9 Å². The Morgan fingerprint density at radius 1 is 1.20 bits per heavy atom. The zero-order chi connectivity index (χ0) is 15.0. The molecule has 110 valence electrons. The highest BCUT2D eigenvalue weighted by Crippen LogP contribution is 2.37. The Morgan fingerprint density at radius 3 is 2.25 bits per heavy atom. The van der Waals surface area contributed by atoms with Crippen LogP contribution >= 0.6 is 0 Å². The predicted octanol–water partition coefficient (Wildman–Crippen LogP) is 1.79. The molecule has 0 saturated heterocycles. The first kappa shape index (κ1) is 15.6. The van der Waals surface area contributed by atoms with Crippen LogP contribution in [0, 0.1) is 0 Å². The molecule has 0 radical (unpaired) electrons. The van der Waals surface area contributed by atoms with Crippen molar-refractivity contribution in [1.29, 1.82) is 0 Å². The van der Waals surface area contributed by atoms with Gasteiger partial charge in [0.05, 0.1) is 34.2 Å². The highest BCUT2D eigenvalue weighted by Gasteiger charge is 2.12. The van der Waals surface area contributed by atoms with Crippen molar-refractivity contribution in [2.75, 3.05) is 27.9 Å². The van der Waals surface area contributed by atoms with Gasteiger partial charge in [-0.2, -0.15) is 5.10 Å². The Balaban J connectivity index is 2.90. The topological polar surface area (TPSA) is 78.4 Å². The van der Waals surface area contributed by atoms with Gasteiger partial charge in [-0.1, -0.05) is 0 Å². The van der Waals surface area contributed by atoms with E-state index in [4.69, 9.17) is 14.2 Å². The van der Waals surface area contributed by atoms with E-state index in [1.807, 2.05) is 0 Å². The van der Waals surface area contributed by atoms with Crippen LogP contribution in [0.5, 0.6) is 17.2 Å². The third-order valence-electron chi connectivity index (χ3n) is 2.33. The summed E-state index contributed by atoms with van der Waals surface area (Å²) in [6.45, 7) is 1.99. The van der Waals surface area contributed by atoms with Crippen LogP contribution in [0.25, 0.3) is 0 Å². The summed E-state index contributed by atoms with van der Waals surface area (Å²) in [5, 5.41) is 3.76. The Morgan fingerprint density at radius 2 is 1.80 bits per heavy atom. The fourth-order valence-electron chi connectivity index (χ4n) is 1.50. The van der Waals surface area contributed by atoms with Gasteiger partial charge in [0.15, 0.2) is 11.5 Å². The molecule has 0 spiro atoms. The van der Waals surface area contributed by atoms with Gasteiger partial charge in [-0.3, -0.25) is 0 Å². The molecule has 1 aromatic rings. The molecule has 1 amide bonds. The smallest absolute Gasteiger partial charge is 0.427 e. The maximum absolute atomic E-state index is 11.1. The number of methoxy groups -OCH3 is 3. The number of amides is 1. The lowest BCUT2D eigenvalue weighted by Crippen LogP contribution is -2.18. The number of ether oxygens (including phenoxy) is 4. The van der Waals surface area contributed by atoms with Crippen LogP contribution in [-0.2, 0) is 4.74 Å². The molecule has 0 aromatic heterocycles. The minimum Gasteiger partial charge on any atom is -0.493 e. The molecule has 20 heavy (non-hydrogen) atoms. The summed E-state index contributed by atoms with van der Waals surface area (Å²) in [6, 6.07) is 3.41. The molecule has 7 nitrogen and oxygen atoms in total. The van der Waals surface area contributed by atoms with Crippen molar-refractivity contribution in [3.8, 4) is 17.2 Å². The second kappa shape index (κ2) is 7.88. The van der Waals surface area contributed by atoms with Crippen LogP contribution in [0.3, 0.4) is 0 Å². The molecular formula is C13H18N2O5. The molecule has 0 fully saturated rings. The van der Waals surface area contributed by atoms with Crippen molar-refractivity contribution in [3.63, 3.8) is 0 Å². The second-order valence-electron chi connectivity index (χ2n) is 3.55. The molecular weight excluding hydrogens is 264 g/mol. The number of hydrogen-bond donors (Lipinski definition) is 1. The minimum atomic E-state index is -0.615. The van der Waals surface area contributed by atoms with E-state index in [0.29, 0.717) is 22.8 Å². The summed E-state index contributed by atoms with van der Waals surface area (Å²) in [4.78, 5) is 11.1. The van der Waals surface area contributed by atoms with Crippen molar-refractivity contribution in [2.24, 2.45) is 5.10 Å². The summed E-state index contributed by atoms with van der Waals surface area (Å²) in [5.74, 6) is 1.50. The molecule has 0 heterocycles. The van der Waals surface area contributed by atoms with E-state index in [9.17, 15) is 4.79 Å². The first-order chi connectivity index (χ1) is 9.65. The maximum atomic E-state index is 11.1. The number of nitrogens with zero attached hydrogens (tertiary/aromatic N) is 1. The van der Waals surface area contributed by atoms with E-state index in [2.05, 4.69) is 15.3 Å². The summed E-state index contributed by atoms with van der Waals surface area (Å²) in [5.41, 5.74) is 2.91. The number of rotatable bonds is 6. The molecule has 0 aliphatic rings. The third kappa shape index (κ3) is 4.04. The zero-order valence-electron chi connectivity index (χ0n) is 11.9. The number of carbonyl (C=O) groups is 1. The third-order valence-corrected chi connectivity index (χ3v) is 2.33. The van der Waals surface area contributed by atoms with Crippen LogP contribution in [0.15, 0.2) is 17.2 Å². The number of benzene rings is 1. The van der Waals surface area contributed by atoms with Crippen LogP contribution < -0.4 is 19.6 Å².